The number of carbonyl (C=O) groups excluding carboxylic acids is 1. The topological polar surface area (TPSA) is 75.9 Å². The van der Waals surface area contributed by atoms with Crippen LogP contribution in [-0.2, 0) is 9.53 Å². The molecule has 2 aliphatic heterocycles. The zero-order valence-corrected chi connectivity index (χ0v) is 18.6. The minimum Gasteiger partial charge on any atom is -0.376 e. The predicted molar refractivity (Wildman–Crippen MR) is 124 cm³/mol. The van der Waals surface area contributed by atoms with Crippen LogP contribution in [0.25, 0.3) is 11.7 Å². The molecule has 7 nitrogen and oxygen atoms in total. The summed E-state index contributed by atoms with van der Waals surface area (Å²) in [4.78, 5) is 32.8. The second-order valence-electron chi connectivity index (χ2n) is 7.81. The lowest BCUT2D eigenvalue weighted by molar-refractivity contribution is -0.123. The Labute approximate surface area is 184 Å². The normalized spacial score (nSPS) is 20.8. The summed E-state index contributed by atoms with van der Waals surface area (Å²) in [5, 5.41) is 3.26. The highest BCUT2D eigenvalue weighted by atomic mass is 32.2. The first-order chi connectivity index (χ1) is 14.4. The molecule has 0 unspecified atom stereocenters. The van der Waals surface area contributed by atoms with Crippen LogP contribution in [0.5, 0.6) is 0 Å². The molecule has 1 atom stereocenters. The maximum absolute atomic E-state index is 13.2. The number of thioether (sulfide) groups is 1. The van der Waals surface area contributed by atoms with Crippen LogP contribution in [0.4, 0.5) is 5.82 Å². The van der Waals surface area contributed by atoms with Crippen molar-refractivity contribution in [1.82, 2.24) is 14.3 Å². The number of rotatable bonds is 6. The average Bonchev–Trinajstić information content (AvgIpc) is 3.33. The third-order valence-corrected chi connectivity index (χ3v) is 6.38. The highest BCUT2D eigenvalue weighted by Crippen LogP contribution is 2.34. The lowest BCUT2D eigenvalue weighted by Crippen LogP contribution is -2.35. The van der Waals surface area contributed by atoms with Crippen molar-refractivity contribution in [1.29, 1.82) is 0 Å². The molecule has 0 bridgehead atoms. The zero-order valence-electron chi connectivity index (χ0n) is 17.0. The van der Waals surface area contributed by atoms with Crippen molar-refractivity contribution in [2.75, 3.05) is 25.0 Å². The fraction of sp³-hybridized carbons (Fsp3) is 0.429. The van der Waals surface area contributed by atoms with Gasteiger partial charge in [0.05, 0.1) is 23.1 Å². The Morgan fingerprint density at radius 3 is 2.97 bits per heavy atom. The van der Waals surface area contributed by atoms with E-state index in [1.807, 2.05) is 6.07 Å². The van der Waals surface area contributed by atoms with Gasteiger partial charge in [-0.1, -0.05) is 43.9 Å². The highest BCUT2D eigenvalue weighted by molar-refractivity contribution is 8.26. The van der Waals surface area contributed by atoms with Crippen molar-refractivity contribution < 1.29 is 9.53 Å². The molecule has 2 fully saturated rings. The van der Waals surface area contributed by atoms with E-state index in [0.717, 1.165) is 19.4 Å². The summed E-state index contributed by atoms with van der Waals surface area (Å²) in [5.74, 6) is 0.663. The van der Waals surface area contributed by atoms with Gasteiger partial charge in [-0.05, 0) is 37.0 Å². The van der Waals surface area contributed by atoms with E-state index >= 15 is 0 Å². The summed E-state index contributed by atoms with van der Waals surface area (Å²) in [7, 11) is 0. The smallest absolute Gasteiger partial charge is 0.267 e. The standard InChI is InChI=1S/C21H24N4O3S2/c1-13(2)11-22-18-15(19(26)24-8-4-3-7-17(24)23-18)10-16-20(27)25(21(29)30-16)12-14-6-5-9-28-14/h3-4,7-8,10,13-14,22H,5-6,9,11-12H2,1-2H3/b16-10-/t14-/m1/s1. The highest BCUT2D eigenvalue weighted by Gasteiger charge is 2.35. The van der Waals surface area contributed by atoms with Crippen LogP contribution in [0, 0.1) is 5.92 Å². The number of thiocarbonyl (C=S) groups is 1. The summed E-state index contributed by atoms with van der Waals surface area (Å²) in [6.45, 7) is 6.00. The molecule has 9 heteroatoms. The van der Waals surface area contributed by atoms with E-state index in [1.165, 1.54) is 16.2 Å². The van der Waals surface area contributed by atoms with Gasteiger partial charge in [0.2, 0.25) is 0 Å². The largest absolute Gasteiger partial charge is 0.376 e. The molecule has 0 radical (unpaired) electrons. The maximum atomic E-state index is 13.2. The van der Waals surface area contributed by atoms with E-state index in [1.54, 1.807) is 29.3 Å². The number of anilines is 1. The van der Waals surface area contributed by atoms with Crippen LogP contribution in [0.3, 0.4) is 0 Å². The number of nitrogens with one attached hydrogen (secondary N) is 1. The van der Waals surface area contributed by atoms with Gasteiger partial charge in [0.15, 0.2) is 0 Å². The SMILES string of the molecule is CC(C)CNc1nc2ccccn2c(=O)c1/C=C1\SC(=S)N(C[C@H]2CCCO2)C1=O. The molecule has 2 aromatic heterocycles. The Balaban J connectivity index is 1.70. The molecule has 30 heavy (non-hydrogen) atoms. The van der Waals surface area contributed by atoms with Gasteiger partial charge in [-0.3, -0.25) is 18.9 Å². The fourth-order valence-electron chi connectivity index (χ4n) is 3.45. The monoisotopic (exact) mass is 444 g/mol. The Bertz CT molecular complexity index is 1070. The van der Waals surface area contributed by atoms with Crippen LogP contribution in [-0.4, -0.2) is 50.3 Å². The molecular formula is C21H24N4O3S2. The van der Waals surface area contributed by atoms with E-state index in [2.05, 4.69) is 24.1 Å². The van der Waals surface area contributed by atoms with Crippen LogP contribution in [0.2, 0.25) is 0 Å². The Morgan fingerprint density at radius 1 is 1.40 bits per heavy atom. The van der Waals surface area contributed by atoms with Crippen molar-refractivity contribution >= 4 is 51.7 Å². The van der Waals surface area contributed by atoms with Crippen molar-refractivity contribution in [2.45, 2.75) is 32.8 Å². The molecule has 1 amide bonds. The Kier molecular flexibility index (Phi) is 6.21. The van der Waals surface area contributed by atoms with Crippen LogP contribution < -0.4 is 10.9 Å². The molecule has 4 rings (SSSR count). The molecule has 0 spiro atoms. The predicted octanol–water partition coefficient (Wildman–Crippen LogP) is 3.14. The minimum atomic E-state index is -0.226. The lowest BCUT2D eigenvalue weighted by Gasteiger charge is -2.18. The maximum Gasteiger partial charge on any atom is 0.267 e. The number of ether oxygens (including phenoxy) is 1. The van der Waals surface area contributed by atoms with E-state index in [9.17, 15) is 9.59 Å². The third-order valence-electron chi connectivity index (χ3n) is 5.01. The van der Waals surface area contributed by atoms with Gasteiger partial charge < -0.3 is 10.1 Å². The van der Waals surface area contributed by atoms with Gasteiger partial charge in [-0.25, -0.2) is 4.98 Å². The number of aromatic nitrogens is 2. The van der Waals surface area contributed by atoms with Crippen LogP contribution >= 0.6 is 24.0 Å². The number of amides is 1. The molecule has 158 valence electrons. The number of pyridine rings is 1. The summed E-state index contributed by atoms with van der Waals surface area (Å²) in [5.41, 5.74) is 0.685. The van der Waals surface area contributed by atoms with Gasteiger partial charge in [0.1, 0.15) is 15.8 Å². The second-order valence-corrected chi connectivity index (χ2v) is 9.49. The molecule has 0 aromatic carbocycles. The molecule has 0 aliphatic carbocycles. The molecule has 1 N–H and O–H groups in total. The van der Waals surface area contributed by atoms with Crippen molar-refractivity contribution in [3.8, 4) is 0 Å². The number of hydrogen-bond donors (Lipinski definition) is 1. The molecule has 2 aliphatic rings. The van der Waals surface area contributed by atoms with Gasteiger partial charge >= 0.3 is 0 Å². The first-order valence-electron chi connectivity index (χ1n) is 10.1. The van der Waals surface area contributed by atoms with Gasteiger partial charge in [-0.2, -0.15) is 0 Å². The van der Waals surface area contributed by atoms with Crippen LogP contribution in [0.15, 0.2) is 34.1 Å². The minimum absolute atomic E-state index is 0.0167. The van der Waals surface area contributed by atoms with E-state index < -0.39 is 0 Å². The quantitative estimate of drug-likeness (QED) is 0.542. The average molecular weight is 445 g/mol. The molecule has 2 aromatic rings. The van der Waals surface area contributed by atoms with Crippen LogP contribution in [0.1, 0.15) is 32.3 Å². The summed E-state index contributed by atoms with van der Waals surface area (Å²) >= 11 is 6.65. The van der Waals surface area contributed by atoms with E-state index in [0.29, 0.717) is 45.3 Å². The molecule has 2 saturated heterocycles. The Morgan fingerprint density at radius 2 is 2.23 bits per heavy atom. The van der Waals surface area contributed by atoms with Crippen molar-refractivity contribution in [3.63, 3.8) is 0 Å². The third kappa shape index (κ3) is 4.28. The molecule has 0 saturated carbocycles. The summed E-state index contributed by atoms with van der Waals surface area (Å²) in [6, 6.07) is 5.40. The van der Waals surface area contributed by atoms with Crippen molar-refractivity contribution in [2.24, 2.45) is 5.92 Å². The first kappa shape index (κ1) is 21.0. The van der Waals surface area contributed by atoms with Gasteiger partial charge in [0.25, 0.3) is 11.5 Å². The van der Waals surface area contributed by atoms with Gasteiger partial charge in [0, 0.05) is 19.3 Å². The molecular weight excluding hydrogens is 420 g/mol. The number of nitrogens with zero attached hydrogens (tertiary/aromatic N) is 3. The van der Waals surface area contributed by atoms with E-state index in [-0.39, 0.29) is 17.6 Å². The van der Waals surface area contributed by atoms with Crippen molar-refractivity contribution in [3.05, 3.63) is 45.2 Å². The fourth-order valence-corrected chi connectivity index (χ4v) is 4.71. The summed E-state index contributed by atoms with van der Waals surface area (Å²) in [6.07, 6.45) is 5.24. The number of hydrogen-bond acceptors (Lipinski definition) is 7. The lowest BCUT2D eigenvalue weighted by atomic mass is 10.2. The molecule has 4 heterocycles. The zero-order chi connectivity index (χ0) is 21.3. The number of fused-ring (bicyclic) bond motifs is 1. The van der Waals surface area contributed by atoms with E-state index in [4.69, 9.17) is 17.0 Å². The Hall–Kier alpha value is -2.23. The van der Waals surface area contributed by atoms with Gasteiger partial charge in [-0.15, -0.1) is 0 Å². The second kappa shape index (κ2) is 8.87. The summed E-state index contributed by atoms with van der Waals surface area (Å²) < 4.78 is 7.63. The first-order valence-corrected chi connectivity index (χ1v) is 11.3. The number of carbonyl (C=O) groups is 1.